The Kier molecular flexibility index (Phi) is 6.99. The number of ether oxygens (including phenoxy) is 1. The molecule has 0 spiro atoms. The van der Waals surface area contributed by atoms with Crippen molar-refractivity contribution in [1.82, 2.24) is 24.2 Å². The van der Waals surface area contributed by atoms with Crippen LogP contribution in [0.4, 0.5) is 10.5 Å². The standard InChI is InChI=1S/C27H34N6O4/c1-18-5-6-21-22(33(18)27(36)37-3)7-8-23-26(21)29-24(10-14-31-12-4-11-28-31)32(23)17-25(35)30-13-9-20(16-30)15-19(2)34/h4,7-8,11-12,18,20H,5-6,9-10,13-17H2,1-3H3/t18-,20-/m0/s1. The van der Waals surface area contributed by atoms with Gasteiger partial charge in [-0.15, -0.1) is 0 Å². The lowest BCUT2D eigenvalue weighted by molar-refractivity contribution is -0.131. The van der Waals surface area contributed by atoms with Crippen LogP contribution in [0.2, 0.25) is 0 Å². The van der Waals surface area contributed by atoms with E-state index in [1.165, 1.54) is 7.11 Å². The molecule has 1 fully saturated rings. The van der Waals surface area contributed by atoms with Gasteiger partial charge in [-0.05, 0) is 57.2 Å². The van der Waals surface area contributed by atoms with Crippen LogP contribution in [-0.2, 0) is 40.3 Å². The predicted molar refractivity (Wildman–Crippen MR) is 138 cm³/mol. The quantitative estimate of drug-likeness (QED) is 0.488. The Balaban J connectivity index is 1.48. The molecule has 2 atom stereocenters. The van der Waals surface area contributed by atoms with Crippen LogP contribution in [0.25, 0.3) is 11.0 Å². The van der Waals surface area contributed by atoms with Crippen molar-refractivity contribution in [3.05, 3.63) is 42.0 Å². The number of likely N-dealkylation sites (tertiary alicyclic amines) is 1. The number of methoxy groups -OCH3 is 1. The Morgan fingerprint density at radius 1 is 1.19 bits per heavy atom. The van der Waals surface area contributed by atoms with Crippen LogP contribution >= 0.6 is 0 Å². The molecule has 3 aromatic rings. The first-order valence-electron chi connectivity index (χ1n) is 13.0. The highest BCUT2D eigenvalue weighted by Crippen LogP contribution is 2.36. The van der Waals surface area contributed by atoms with Crippen LogP contribution in [0.1, 0.15) is 44.5 Å². The van der Waals surface area contributed by atoms with Crippen molar-refractivity contribution in [1.29, 1.82) is 0 Å². The Labute approximate surface area is 216 Å². The van der Waals surface area contributed by atoms with Crippen molar-refractivity contribution in [2.45, 2.75) is 65.1 Å². The molecule has 0 bridgehead atoms. The van der Waals surface area contributed by atoms with Gasteiger partial charge in [-0.2, -0.15) is 5.10 Å². The van der Waals surface area contributed by atoms with Gasteiger partial charge in [0.05, 0.1) is 23.8 Å². The second-order valence-corrected chi connectivity index (χ2v) is 10.2. The number of fused-ring (bicyclic) bond motifs is 3. The van der Waals surface area contributed by atoms with E-state index in [0.717, 1.165) is 47.4 Å². The first-order valence-corrected chi connectivity index (χ1v) is 13.0. The summed E-state index contributed by atoms with van der Waals surface area (Å²) in [6, 6.07) is 5.82. The first-order chi connectivity index (χ1) is 17.9. The number of hydrogen-bond donors (Lipinski definition) is 0. The molecule has 4 heterocycles. The zero-order valence-electron chi connectivity index (χ0n) is 21.7. The fraction of sp³-hybridized carbons (Fsp3) is 0.519. The van der Waals surface area contributed by atoms with E-state index in [9.17, 15) is 14.4 Å². The fourth-order valence-corrected chi connectivity index (χ4v) is 5.74. The molecular weight excluding hydrogens is 472 g/mol. The summed E-state index contributed by atoms with van der Waals surface area (Å²) in [7, 11) is 1.40. The third kappa shape index (κ3) is 4.97. The van der Waals surface area contributed by atoms with Gasteiger partial charge in [-0.1, -0.05) is 0 Å². The van der Waals surface area contributed by atoms with Gasteiger partial charge in [0.15, 0.2) is 0 Å². The van der Waals surface area contributed by atoms with Gasteiger partial charge in [0, 0.05) is 56.5 Å². The number of amides is 2. The monoisotopic (exact) mass is 506 g/mol. The molecule has 0 radical (unpaired) electrons. The number of aryl methyl sites for hydroxylation is 3. The second kappa shape index (κ2) is 10.4. The SMILES string of the molecule is COC(=O)N1c2ccc3c(nc(CCn4cccn4)n3CC(=O)N3CC[C@@H](CC(C)=O)C3)c2CC[C@@H]1C. The van der Waals surface area contributed by atoms with E-state index < -0.39 is 0 Å². The number of anilines is 1. The molecule has 0 saturated carbocycles. The minimum atomic E-state index is -0.379. The molecule has 10 nitrogen and oxygen atoms in total. The number of nitrogens with zero attached hydrogens (tertiary/aromatic N) is 6. The summed E-state index contributed by atoms with van der Waals surface area (Å²) >= 11 is 0. The van der Waals surface area contributed by atoms with E-state index in [1.807, 2.05) is 45.5 Å². The minimum Gasteiger partial charge on any atom is -0.452 e. The van der Waals surface area contributed by atoms with Gasteiger partial charge in [0.2, 0.25) is 5.91 Å². The van der Waals surface area contributed by atoms with Crippen molar-refractivity contribution < 1.29 is 19.1 Å². The van der Waals surface area contributed by atoms with E-state index in [0.29, 0.717) is 32.5 Å². The third-order valence-corrected chi connectivity index (χ3v) is 7.60. The van der Waals surface area contributed by atoms with E-state index >= 15 is 0 Å². The summed E-state index contributed by atoms with van der Waals surface area (Å²) in [4.78, 5) is 46.1. The summed E-state index contributed by atoms with van der Waals surface area (Å²) < 4.78 is 8.93. The fourth-order valence-electron chi connectivity index (χ4n) is 5.74. The van der Waals surface area contributed by atoms with E-state index in [-0.39, 0.29) is 36.3 Å². The van der Waals surface area contributed by atoms with Gasteiger partial charge in [-0.3, -0.25) is 14.4 Å². The molecule has 0 unspecified atom stereocenters. The molecule has 37 heavy (non-hydrogen) atoms. The Morgan fingerprint density at radius 2 is 2.03 bits per heavy atom. The summed E-state index contributed by atoms with van der Waals surface area (Å²) in [5.74, 6) is 1.25. The Morgan fingerprint density at radius 3 is 2.76 bits per heavy atom. The number of rotatable bonds is 7. The minimum absolute atomic E-state index is 0.0264. The molecule has 2 amide bonds. The molecular formula is C27H34N6O4. The summed E-state index contributed by atoms with van der Waals surface area (Å²) in [5.41, 5.74) is 3.55. The highest BCUT2D eigenvalue weighted by atomic mass is 16.5. The van der Waals surface area contributed by atoms with Gasteiger partial charge in [0.25, 0.3) is 0 Å². The molecule has 1 aromatic carbocycles. The molecule has 10 heteroatoms. The number of hydrogen-bond acceptors (Lipinski definition) is 6. The number of carbonyl (C=O) groups excluding carboxylic acids is 3. The second-order valence-electron chi connectivity index (χ2n) is 10.2. The summed E-state index contributed by atoms with van der Waals surface area (Å²) in [6.45, 7) is 5.75. The molecule has 196 valence electrons. The number of ketones is 1. The van der Waals surface area contributed by atoms with Crippen LogP contribution in [-0.4, -0.2) is 68.3 Å². The average Bonchev–Trinajstić information content (AvgIpc) is 3.62. The molecule has 2 aliphatic heterocycles. The maximum Gasteiger partial charge on any atom is 0.414 e. The van der Waals surface area contributed by atoms with E-state index in [4.69, 9.17) is 9.72 Å². The van der Waals surface area contributed by atoms with Crippen LogP contribution < -0.4 is 4.90 Å². The third-order valence-electron chi connectivity index (χ3n) is 7.60. The number of benzene rings is 1. The lowest BCUT2D eigenvalue weighted by Crippen LogP contribution is -2.42. The Bertz CT molecular complexity index is 1310. The largest absolute Gasteiger partial charge is 0.452 e. The van der Waals surface area contributed by atoms with E-state index in [2.05, 4.69) is 5.10 Å². The van der Waals surface area contributed by atoms with Gasteiger partial charge in [-0.25, -0.2) is 9.78 Å². The van der Waals surface area contributed by atoms with Crippen molar-refractivity contribution in [2.75, 3.05) is 25.1 Å². The van der Waals surface area contributed by atoms with Crippen LogP contribution in [0.3, 0.4) is 0 Å². The van der Waals surface area contributed by atoms with E-state index in [1.54, 1.807) is 18.0 Å². The zero-order chi connectivity index (χ0) is 26.1. The lowest BCUT2D eigenvalue weighted by atomic mass is 9.96. The first kappa shape index (κ1) is 25.0. The smallest absolute Gasteiger partial charge is 0.414 e. The van der Waals surface area contributed by atoms with Crippen molar-refractivity contribution >= 4 is 34.5 Å². The number of carbonyl (C=O) groups is 3. The molecule has 0 N–H and O–H groups in total. The maximum atomic E-state index is 13.4. The number of Topliss-reactive ketones (excluding diaryl/α,β-unsaturated/α-hetero) is 1. The Hall–Kier alpha value is -3.69. The van der Waals surface area contributed by atoms with Crippen molar-refractivity contribution in [3.63, 3.8) is 0 Å². The molecule has 2 aliphatic rings. The van der Waals surface area contributed by atoms with Crippen molar-refractivity contribution in [3.8, 4) is 0 Å². The van der Waals surface area contributed by atoms with Gasteiger partial charge >= 0.3 is 6.09 Å². The summed E-state index contributed by atoms with van der Waals surface area (Å²) in [6.07, 6.45) is 6.87. The summed E-state index contributed by atoms with van der Waals surface area (Å²) in [5, 5.41) is 4.31. The van der Waals surface area contributed by atoms with Crippen molar-refractivity contribution in [2.24, 2.45) is 5.92 Å². The molecule has 0 aliphatic carbocycles. The highest BCUT2D eigenvalue weighted by Gasteiger charge is 2.32. The maximum absolute atomic E-state index is 13.4. The topological polar surface area (TPSA) is 103 Å². The normalized spacial score (nSPS) is 19.3. The number of aromatic nitrogens is 4. The van der Waals surface area contributed by atoms with Crippen LogP contribution in [0.5, 0.6) is 0 Å². The number of imidazole rings is 1. The average molecular weight is 507 g/mol. The molecule has 2 aromatic heterocycles. The molecule has 1 saturated heterocycles. The lowest BCUT2D eigenvalue weighted by Gasteiger charge is -2.34. The van der Waals surface area contributed by atoms with Gasteiger partial charge in [0.1, 0.15) is 18.2 Å². The van der Waals surface area contributed by atoms with Crippen LogP contribution in [0.15, 0.2) is 30.6 Å². The van der Waals surface area contributed by atoms with Crippen LogP contribution in [0, 0.1) is 5.92 Å². The van der Waals surface area contributed by atoms with Gasteiger partial charge < -0.3 is 19.0 Å². The predicted octanol–water partition coefficient (Wildman–Crippen LogP) is 3.21. The zero-order valence-corrected chi connectivity index (χ0v) is 21.7. The molecule has 5 rings (SSSR count). The highest BCUT2D eigenvalue weighted by molar-refractivity contribution is 5.95.